The smallest absolute Gasteiger partial charge is 0.330 e. The Morgan fingerprint density at radius 1 is 1.04 bits per heavy atom. The number of allylic oxidation sites excluding steroid dienone is 1. The summed E-state index contributed by atoms with van der Waals surface area (Å²) in [5, 5.41) is 0. The van der Waals surface area contributed by atoms with Crippen LogP contribution in [0.1, 0.15) is 36.1 Å². The van der Waals surface area contributed by atoms with E-state index in [1.807, 2.05) is 35.2 Å². The van der Waals surface area contributed by atoms with Gasteiger partial charge in [0.05, 0.1) is 11.6 Å². The molecule has 0 spiro atoms. The summed E-state index contributed by atoms with van der Waals surface area (Å²) in [6, 6.07) is 14.7. The van der Waals surface area contributed by atoms with Crippen LogP contribution in [0.3, 0.4) is 0 Å². The second-order valence-corrected chi connectivity index (χ2v) is 7.76. The number of carbonyl (C=O) groups excluding carboxylic acids is 1. The highest BCUT2D eigenvalue weighted by atomic mass is 19.4. The summed E-state index contributed by atoms with van der Waals surface area (Å²) in [6.45, 7) is 2.54. The van der Waals surface area contributed by atoms with Crippen LogP contribution < -0.4 is 0 Å². The zero-order chi connectivity index (χ0) is 19.9. The first-order chi connectivity index (χ1) is 13.4. The lowest BCUT2D eigenvalue weighted by atomic mass is 9.75. The number of likely N-dealkylation sites (tertiary alicyclic amines) is 1. The normalized spacial score (nSPS) is 27.1. The van der Waals surface area contributed by atoms with Gasteiger partial charge in [0.1, 0.15) is 0 Å². The lowest BCUT2D eigenvalue weighted by Crippen LogP contribution is -2.30. The van der Waals surface area contributed by atoms with Crippen molar-refractivity contribution >= 4 is 5.91 Å². The van der Waals surface area contributed by atoms with E-state index in [0.717, 1.165) is 29.7 Å². The van der Waals surface area contributed by atoms with E-state index >= 15 is 0 Å². The van der Waals surface area contributed by atoms with Gasteiger partial charge in [-0.1, -0.05) is 61.5 Å². The van der Waals surface area contributed by atoms with E-state index in [9.17, 15) is 18.0 Å². The second-order valence-electron chi connectivity index (χ2n) is 7.76. The Bertz CT molecular complexity index is 873. The molecule has 1 aliphatic carbocycles. The van der Waals surface area contributed by atoms with Gasteiger partial charge in [-0.05, 0) is 35.6 Å². The van der Waals surface area contributed by atoms with Crippen LogP contribution in [0.4, 0.5) is 13.2 Å². The number of halogens is 3. The van der Waals surface area contributed by atoms with Crippen molar-refractivity contribution in [1.82, 2.24) is 4.90 Å². The zero-order valence-corrected chi connectivity index (χ0v) is 15.6. The van der Waals surface area contributed by atoms with Gasteiger partial charge in [-0.15, -0.1) is 0 Å². The van der Waals surface area contributed by atoms with Gasteiger partial charge in [-0.2, -0.15) is 13.2 Å². The Balaban J connectivity index is 1.72. The molecule has 4 atom stereocenters. The summed E-state index contributed by atoms with van der Waals surface area (Å²) in [5.74, 6) is 0.175. The van der Waals surface area contributed by atoms with Crippen molar-refractivity contribution < 1.29 is 18.0 Å². The fourth-order valence-corrected chi connectivity index (χ4v) is 4.57. The molecule has 1 saturated heterocycles. The highest BCUT2D eigenvalue weighted by molar-refractivity contribution is 5.83. The number of benzene rings is 2. The number of carbonyl (C=O) groups is 1. The first kappa shape index (κ1) is 18.8. The number of amides is 1. The average molecular weight is 385 g/mol. The molecule has 28 heavy (non-hydrogen) atoms. The van der Waals surface area contributed by atoms with Gasteiger partial charge >= 0.3 is 6.18 Å². The van der Waals surface area contributed by atoms with E-state index in [0.29, 0.717) is 6.54 Å². The predicted molar refractivity (Wildman–Crippen MR) is 101 cm³/mol. The van der Waals surface area contributed by atoms with E-state index in [-0.39, 0.29) is 29.7 Å². The summed E-state index contributed by atoms with van der Waals surface area (Å²) >= 11 is 0. The third-order valence-corrected chi connectivity index (χ3v) is 5.94. The van der Waals surface area contributed by atoms with Gasteiger partial charge in [-0.3, -0.25) is 4.79 Å². The van der Waals surface area contributed by atoms with Crippen molar-refractivity contribution in [2.24, 2.45) is 17.8 Å². The molecule has 4 rings (SSSR count). The number of nitrogens with zero attached hydrogens (tertiary/aromatic N) is 1. The standard InChI is InChI=1S/C23H22F3NO/c1-15-6-5-9-19-20(15)22(28)27(14-16-7-3-2-4-8-16)21(19)17-10-12-18(13-11-17)23(24,25)26/h2-5,7-13,15,19-21H,6,14H2,1H3/t15-,19+,20+,21+/m1/s1. The number of hydrogen-bond donors (Lipinski definition) is 0. The number of rotatable bonds is 3. The molecule has 2 aliphatic rings. The molecule has 0 N–H and O–H groups in total. The average Bonchev–Trinajstić information content (AvgIpc) is 2.95. The van der Waals surface area contributed by atoms with Crippen molar-refractivity contribution in [3.63, 3.8) is 0 Å². The molecule has 2 nitrogen and oxygen atoms in total. The molecule has 1 amide bonds. The predicted octanol–water partition coefficient (Wildman–Crippen LogP) is 5.62. The minimum Gasteiger partial charge on any atom is -0.330 e. The molecule has 1 fully saturated rings. The quantitative estimate of drug-likeness (QED) is 0.628. The minimum atomic E-state index is -4.37. The molecular weight excluding hydrogens is 363 g/mol. The summed E-state index contributed by atoms with van der Waals surface area (Å²) in [4.78, 5) is 15.1. The molecular formula is C23H22F3NO. The lowest BCUT2D eigenvalue weighted by Gasteiger charge is -2.29. The van der Waals surface area contributed by atoms with Crippen molar-refractivity contribution in [2.75, 3.05) is 0 Å². The highest BCUT2D eigenvalue weighted by Crippen LogP contribution is 2.49. The highest BCUT2D eigenvalue weighted by Gasteiger charge is 2.50. The Kier molecular flexibility index (Phi) is 4.77. The van der Waals surface area contributed by atoms with Gasteiger partial charge in [0.25, 0.3) is 0 Å². The fraction of sp³-hybridized carbons (Fsp3) is 0.348. The van der Waals surface area contributed by atoms with E-state index < -0.39 is 11.7 Å². The van der Waals surface area contributed by atoms with Crippen molar-refractivity contribution in [2.45, 2.75) is 32.1 Å². The van der Waals surface area contributed by atoms with E-state index in [1.165, 1.54) is 12.1 Å². The van der Waals surface area contributed by atoms with Crippen molar-refractivity contribution in [3.05, 3.63) is 83.4 Å². The maximum Gasteiger partial charge on any atom is 0.416 e. The van der Waals surface area contributed by atoms with Crippen LogP contribution in [0, 0.1) is 17.8 Å². The first-order valence-corrected chi connectivity index (χ1v) is 9.54. The summed E-state index contributed by atoms with van der Waals surface area (Å²) in [5.41, 5.74) is 1.10. The van der Waals surface area contributed by atoms with Crippen molar-refractivity contribution in [1.29, 1.82) is 0 Å². The van der Waals surface area contributed by atoms with Gasteiger partial charge in [0, 0.05) is 18.4 Å². The monoisotopic (exact) mass is 385 g/mol. The molecule has 0 bridgehead atoms. The summed E-state index contributed by atoms with van der Waals surface area (Å²) in [6.07, 6.45) is 0.666. The fourth-order valence-electron chi connectivity index (χ4n) is 4.57. The van der Waals surface area contributed by atoms with E-state index in [4.69, 9.17) is 0 Å². The summed E-state index contributed by atoms with van der Waals surface area (Å²) < 4.78 is 38.9. The van der Waals surface area contributed by atoms with Crippen LogP contribution in [0.5, 0.6) is 0 Å². The maximum atomic E-state index is 13.3. The number of hydrogen-bond acceptors (Lipinski definition) is 1. The third kappa shape index (κ3) is 3.34. The topological polar surface area (TPSA) is 20.3 Å². The van der Waals surface area contributed by atoms with E-state index in [2.05, 4.69) is 19.1 Å². The molecule has 0 unspecified atom stereocenters. The SMILES string of the molecule is C[C@@H]1CC=C[C@H]2[C@H]1C(=O)N(Cc1ccccc1)[C@H]2c1ccc(C(F)(F)F)cc1. The Morgan fingerprint density at radius 2 is 1.71 bits per heavy atom. The van der Waals surface area contributed by atoms with Crippen LogP contribution >= 0.6 is 0 Å². The van der Waals surface area contributed by atoms with Gasteiger partial charge in [0.2, 0.25) is 5.91 Å². The largest absolute Gasteiger partial charge is 0.416 e. The maximum absolute atomic E-state index is 13.3. The van der Waals surface area contributed by atoms with Crippen LogP contribution in [-0.2, 0) is 17.5 Å². The number of fused-ring (bicyclic) bond motifs is 1. The Labute approximate surface area is 162 Å². The Hall–Kier alpha value is -2.56. The van der Waals surface area contributed by atoms with Crippen LogP contribution in [0.2, 0.25) is 0 Å². The van der Waals surface area contributed by atoms with Gasteiger partial charge in [0.15, 0.2) is 0 Å². The number of alkyl halides is 3. The molecule has 2 aromatic rings. The van der Waals surface area contributed by atoms with Gasteiger partial charge < -0.3 is 4.90 Å². The second kappa shape index (κ2) is 7.12. The van der Waals surface area contributed by atoms with E-state index in [1.54, 1.807) is 0 Å². The van der Waals surface area contributed by atoms with Crippen LogP contribution in [0.15, 0.2) is 66.7 Å². The summed E-state index contributed by atoms with van der Waals surface area (Å²) in [7, 11) is 0. The molecule has 5 heteroatoms. The third-order valence-electron chi connectivity index (χ3n) is 5.94. The first-order valence-electron chi connectivity index (χ1n) is 9.54. The molecule has 2 aromatic carbocycles. The molecule has 0 aromatic heterocycles. The van der Waals surface area contributed by atoms with Gasteiger partial charge in [-0.25, -0.2) is 0 Å². The molecule has 1 aliphatic heterocycles. The molecule has 0 radical (unpaired) electrons. The molecule has 0 saturated carbocycles. The van der Waals surface area contributed by atoms with Crippen LogP contribution in [0.25, 0.3) is 0 Å². The lowest BCUT2D eigenvalue weighted by molar-refractivity contribution is -0.137. The molecule has 1 heterocycles. The zero-order valence-electron chi connectivity index (χ0n) is 15.6. The minimum absolute atomic E-state index is 0.0169. The van der Waals surface area contributed by atoms with Crippen LogP contribution in [-0.4, -0.2) is 10.8 Å². The van der Waals surface area contributed by atoms with Crippen molar-refractivity contribution in [3.8, 4) is 0 Å². The Morgan fingerprint density at radius 3 is 2.36 bits per heavy atom. The molecule has 146 valence electrons.